The van der Waals surface area contributed by atoms with E-state index in [1.165, 1.54) is 16.2 Å². The topological polar surface area (TPSA) is 215 Å². The summed E-state index contributed by atoms with van der Waals surface area (Å²) in [6, 6.07) is 5.07. The van der Waals surface area contributed by atoms with Gasteiger partial charge in [0.1, 0.15) is 46.5 Å². The monoisotopic (exact) mass is 922 g/mol. The molecule has 4 aliphatic rings. The van der Waals surface area contributed by atoms with E-state index in [0.29, 0.717) is 72.3 Å². The van der Waals surface area contributed by atoms with Gasteiger partial charge in [0.2, 0.25) is 11.8 Å². The quantitative estimate of drug-likeness (QED) is 0.142. The van der Waals surface area contributed by atoms with E-state index in [-0.39, 0.29) is 37.6 Å². The van der Waals surface area contributed by atoms with Crippen molar-refractivity contribution < 1.29 is 46.9 Å². The lowest BCUT2D eigenvalue weighted by atomic mass is 9.86. The summed E-state index contributed by atoms with van der Waals surface area (Å²) >= 11 is 1.45. The van der Waals surface area contributed by atoms with Crippen LogP contribution in [0.5, 0.6) is 11.5 Å². The van der Waals surface area contributed by atoms with E-state index in [1.54, 1.807) is 46.1 Å². The van der Waals surface area contributed by atoms with Gasteiger partial charge in [-0.3, -0.25) is 9.59 Å². The molecule has 1 unspecified atom stereocenters. The molecule has 3 amide bonds. The molecule has 1 saturated heterocycles. The molecule has 2 aromatic heterocycles. The van der Waals surface area contributed by atoms with Crippen LogP contribution in [0.3, 0.4) is 0 Å². The number of carboxylic acid groups (broad SMARTS) is 1. The number of methoxy groups -OCH3 is 1. The lowest BCUT2D eigenvalue weighted by molar-refractivity contribution is -0.145. The number of thiazole rings is 1. The molecule has 3 fully saturated rings. The zero-order valence-corrected chi connectivity index (χ0v) is 39.2. The Hall–Kier alpha value is -4.97. The number of sulfone groups is 1. The molecule has 7 rings (SSSR count). The Labute approximate surface area is 379 Å². The van der Waals surface area contributed by atoms with Crippen molar-refractivity contribution in [3.63, 3.8) is 0 Å². The van der Waals surface area contributed by atoms with Gasteiger partial charge in [0.15, 0.2) is 15.0 Å². The molecule has 64 heavy (non-hydrogen) atoms. The molecule has 0 radical (unpaired) electrons. The van der Waals surface area contributed by atoms with Crippen molar-refractivity contribution in [2.75, 3.05) is 24.7 Å². The van der Waals surface area contributed by atoms with Gasteiger partial charge in [-0.25, -0.2) is 28.0 Å². The van der Waals surface area contributed by atoms with Crippen molar-refractivity contribution in [1.29, 1.82) is 0 Å². The number of amides is 3. The van der Waals surface area contributed by atoms with E-state index >= 15 is 0 Å². The molecule has 348 valence electrons. The number of anilines is 1. The summed E-state index contributed by atoms with van der Waals surface area (Å²) in [5.41, 5.74) is -1.04. The number of pyridine rings is 1. The van der Waals surface area contributed by atoms with Gasteiger partial charge in [-0.1, -0.05) is 31.4 Å². The summed E-state index contributed by atoms with van der Waals surface area (Å²) in [5, 5.41) is 22.6. The SMILES string of the molecule is COc1ccc2c(O[C@@H]3C[C@H]4C(=O)N[C@]5(C(=O)O)CC5/C=C\CCCCC[C@@H](NC(=O)OC5(CS(=O)(=O)C(C)(C)C)CCCCC5)C(=O)N4C3)cc(-c3csc(NC(C)C)n3)nc2c1. The molecule has 0 bridgehead atoms. The van der Waals surface area contributed by atoms with Gasteiger partial charge < -0.3 is 40.2 Å². The molecule has 4 heterocycles. The second-order valence-electron chi connectivity index (χ2n) is 19.1. The van der Waals surface area contributed by atoms with E-state index < -0.39 is 73.7 Å². The van der Waals surface area contributed by atoms with Crippen LogP contribution in [0.25, 0.3) is 22.3 Å². The molecular weight excluding hydrogens is 861 g/mol. The van der Waals surface area contributed by atoms with E-state index in [1.807, 2.05) is 37.4 Å². The first-order chi connectivity index (χ1) is 30.3. The first kappa shape index (κ1) is 47.0. The molecule has 1 aromatic carbocycles. The third-order valence-corrected chi connectivity index (χ3v) is 16.4. The third-order valence-electron chi connectivity index (χ3n) is 12.8. The van der Waals surface area contributed by atoms with Crippen LogP contribution in [0, 0.1) is 5.92 Å². The normalized spacial score (nSPS) is 25.8. The predicted molar refractivity (Wildman–Crippen MR) is 244 cm³/mol. The fourth-order valence-corrected chi connectivity index (χ4v) is 11.3. The van der Waals surface area contributed by atoms with Crippen molar-refractivity contribution in [3.05, 3.63) is 41.8 Å². The number of fused-ring (bicyclic) bond motifs is 3. The summed E-state index contributed by atoms with van der Waals surface area (Å²) < 4.78 is 44.3. The Morgan fingerprint density at radius 3 is 2.50 bits per heavy atom. The van der Waals surface area contributed by atoms with Gasteiger partial charge in [-0.15, -0.1) is 11.3 Å². The Balaban J connectivity index is 1.20. The number of aliphatic carboxylic acids is 1. The molecule has 2 saturated carbocycles. The van der Waals surface area contributed by atoms with Gasteiger partial charge in [0.25, 0.3) is 0 Å². The first-order valence-corrected chi connectivity index (χ1v) is 25.0. The Morgan fingerprint density at radius 1 is 1.05 bits per heavy atom. The van der Waals surface area contributed by atoms with Crippen LogP contribution in [0.1, 0.15) is 112 Å². The number of aromatic nitrogens is 2. The van der Waals surface area contributed by atoms with Crippen LogP contribution in [0.2, 0.25) is 0 Å². The minimum absolute atomic E-state index is 0.0210. The number of hydrogen-bond donors (Lipinski definition) is 4. The zero-order chi connectivity index (χ0) is 46.0. The number of allylic oxidation sites excluding steroid dienone is 1. The summed E-state index contributed by atoms with van der Waals surface area (Å²) in [4.78, 5) is 67.1. The Morgan fingerprint density at radius 2 is 1.80 bits per heavy atom. The molecule has 18 heteroatoms. The molecule has 2 aliphatic carbocycles. The molecular formula is C46H62N6O10S2. The molecule has 5 atom stereocenters. The van der Waals surface area contributed by atoms with E-state index in [9.17, 15) is 32.7 Å². The molecule has 2 aliphatic heterocycles. The van der Waals surface area contributed by atoms with Crippen LogP contribution >= 0.6 is 11.3 Å². The highest BCUT2D eigenvalue weighted by molar-refractivity contribution is 7.92. The first-order valence-electron chi connectivity index (χ1n) is 22.4. The number of nitrogens with one attached hydrogen (secondary N) is 3. The van der Waals surface area contributed by atoms with Gasteiger partial charge in [0, 0.05) is 41.3 Å². The van der Waals surface area contributed by atoms with Crippen molar-refractivity contribution in [2.45, 2.75) is 152 Å². The van der Waals surface area contributed by atoms with Crippen LogP contribution in [-0.2, 0) is 29.0 Å². The Bertz CT molecular complexity index is 2370. The number of hydrogen-bond acceptors (Lipinski definition) is 13. The van der Waals surface area contributed by atoms with E-state index in [0.717, 1.165) is 24.4 Å². The average molecular weight is 923 g/mol. The standard InChI is InChI=1S/C46H62N6O10S2/c1-28(2)47-42-49-36(26-63-42)35-23-38(32-18-17-30(60-6)21-34(32)48-35)61-31-22-37-39(53)51-46(41(55)56)24-29(46)15-11-8-7-9-12-16-33(40(54)52(37)25-31)50-43(57)62-45(19-13-10-14-20-45)27-64(58,59)44(3,4)5/h11,15,17-18,21,23,26,28-29,31,33,37H,7-10,12-14,16,19-20,22,24-25,27H2,1-6H3,(H,47,49)(H,50,57)(H,51,53)(H,55,56)/b15-11-/t29?,31-,33-,37+,46-/m1/s1. The summed E-state index contributed by atoms with van der Waals surface area (Å²) in [7, 11) is -2.12. The maximum atomic E-state index is 14.9. The highest BCUT2D eigenvalue weighted by Gasteiger charge is 2.61. The number of carbonyl (C=O) groups is 4. The van der Waals surface area contributed by atoms with Crippen LogP contribution < -0.4 is 25.4 Å². The number of carboxylic acids is 1. The zero-order valence-electron chi connectivity index (χ0n) is 37.6. The molecule has 16 nitrogen and oxygen atoms in total. The Kier molecular flexibility index (Phi) is 13.9. The lowest BCUT2D eigenvalue weighted by Gasteiger charge is -2.38. The van der Waals surface area contributed by atoms with Crippen LogP contribution in [0.15, 0.2) is 41.8 Å². The number of ether oxygens (including phenoxy) is 3. The van der Waals surface area contributed by atoms with Crippen LogP contribution in [-0.4, -0.2) is 112 Å². The van der Waals surface area contributed by atoms with Gasteiger partial charge in [0.05, 0.1) is 35.4 Å². The molecule has 0 spiro atoms. The summed E-state index contributed by atoms with van der Waals surface area (Å²) in [6.07, 6.45) is 8.35. The number of nitrogens with zero attached hydrogens (tertiary/aromatic N) is 3. The number of benzene rings is 1. The maximum Gasteiger partial charge on any atom is 0.408 e. The molecule has 4 N–H and O–H groups in total. The largest absolute Gasteiger partial charge is 0.497 e. The highest BCUT2D eigenvalue weighted by Crippen LogP contribution is 2.46. The molecule has 3 aromatic rings. The smallest absolute Gasteiger partial charge is 0.408 e. The average Bonchev–Trinajstić information content (AvgIpc) is 3.49. The second-order valence-corrected chi connectivity index (χ2v) is 22.7. The fraction of sp³-hybridized carbons (Fsp3) is 0.609. The highest BCUT2D eigenvalue weighted by atomic mass is 32.2. The number of alkyl carbamates (subject to hydrolysis) is 1. The van der Waals surface area contributed by atoms with Gasteiger partial charge in [-0.2, -0.15) is 0 Å². The van der Waals surface area contributed by atoms with Gasteiger partial charge in [-0.05, 0) is 98.1 Å². The van der Waals surface area contributed by atoms with Crippen molar-refractivity contribution in [3.8, 4) is 22.9 Å². The predicted octanol–water partition coefficient (Wildman–Crippen LogP) is 7.03. The van der Waals surface area contributed by atoms with E-state index in [4.69, 9.17) is 24.2 Å². The van der Waals surface area contributed by atoms with Crippen molar-refractivity contribution in [2.24, 2.45) is 5.92 Å². The summed E-state index contributed by atoms with van der Waals surface area (Å²) in [5.74, 6) is -2.07. The third kappa shape index (κ3) is 10.4. The maximum absolute atomic E-state index is 14.9. The van der Waals surface area contributed by atoms with E-state index in [2.05, 4.69) is 16.0 Å². The minimum atomic E-state index is -3.69. The number of carbonyl (C=O) groups excluding carboxylic acids is 3. The lowest BCUT2D eigenvalue weighted by Crippen LogP contribution is -2.57. The number of rotatable bonds is 11. The minimum Gasteiger partial charge on any atom is -0.497 e. The second kappa shape index (κ2) is 18.9. The van der Waals surface area contributed by atoms with Crippen molar-refractivity contribution >= 4 is 61.1 Å². The van der Waals surface area contributed by atoms with Gasteiger partial charge >= 0.3 is 12.1 Å². The van der Waals surface area contributed by atoms with Crippen LogP contribution in [0.4, 0.5) is 9.93 Å². The van der Waals surface area contributed by atoms with Crippen molar-refractivity contribution in [1.82, 2.24) is 25.5 Å². The fourth-order valence-electron chi connectivity index (χ4n) is 8.97. The summed E-state index contributed by atoms with van der Waals surface area (Å²) in [6.45, 7) is 8.87.